The van der Waals surface area contributed by atoms with E-state index >= 15 is 0 Å². The molecule has 0 aliphatic carbocycles. The minimum atomic E-state index is -0.00528. The monoisotopic (exact) mass is 161 g/mol. The SMILES string of the molecule is CC(=O)C1=NC=C=CCC(C)=C1. The molecule has 1 aliphatic heterocycles. The predicted molar refractivity (Wildman–Crippen MR) is 49.1 cm³/mol. The van der Waals surface area contributed by atoms with E-state index in [1.807, 2.05) is 19.1 Å². The van der Waals surface area contributed by atoms with Crippen LogP contribution in [0.1, 0.15) is 20.3 Å². The van der Waals surface area contributed by atoms with Crippen LogP contribution in [0.25, 0.3) is 0 Å². The second-order valence-electron chi connectivity index (χ2n) is 2.77. The highest BCUT2D eigenvalue weighted by molar-refractivity contribution is 6.43. The number of carbonyl (C=O) groups excluding carboxylic acids is 1. The van der Waals surface area contributed by atoms with Gasteiger partial charge in [-0.15, -0.1) is 5.73 Å². The molecule has 2 heteroatoms. The molecule has 0 aromatic rings. The van der Waals surface area contributed by atoms with Crippen molar-refractivity contribution >= 4 is 11.5 Å². The Balaban J connectivity index is 3.03. The van der Waals surface area contributed by atoms with Gasteiger partial charge in [0.15, 0.2) is 5.78 Å². The van der Waals surface area contributed by atoms with Gasteiger partial charge in [0.05, 0.1) is 6.20 Å². The van der Waals surface area contributed by atoms with Crippen molar-refractivity contribution < 1.29 is 4.79 Å². The van der Waals surface area contributed by atoms with Crippen molar-refractivity contribution in [1.82, 2.24) is 0 Å². The van der Waals surface area contributed by atoms with E-state index in [-0.39, 0.29) is 5.78 Å². The highest BCUT2D eigenvalue weighted by atomic mass is 16.1. The molecule has 0 aromatic carbocycles. The first kappa shape index (κ1) is 8.69. The Bertz CT molecular complexity index is 315. The van der Waals surface area contributed by atoms with Gasteiger partial charge in [-0.1, -0.05) is 5.57 Å². The van der Waals surface area contributed by atoms with Crippen molar-refractivity contribution in [2.24, 2.45) is 4.99 Å². The summed E-state index contributed by atoms with van der Waals surface area (Å²) in [4.78, 5) is 14.9. The molecular formula is C10H11NO. The second kappa shape index (κ2) is 3.84. The summed E-state index contributed by atoms with van der Waals surface area (Å²) in [7, 11) is 0. The van der Waals surface area contributed by atoms with Gasteiger partial charge >= 0.3 is 0 Å². The molecular weight excluding hydrogens is 150 g/mol. The molecule has 0 amide bonds. The molecule has 2 nitrogen and oxygen atoms in total. The van der Waals surface area contributed by atoms with Gasteiger partial charge in [0.2, 0.25) is 0 Å². The standard InChI is InChI=1S/C10H11NO/c1-8-5-3-4-6-11-10(7-8)9(2)12/h3,6-7H,5H2,1-2H3. The molecule has 0 unspecified atom stereocenters. The lowest BCUT2D eigenvalue weighted by Gasteiger charge is -1.98. The van der Waals surface area contributed by atoms with Gasteiger partial charge in [0, 0.05) is 6.92 Å². The Labute approximate surface area is 72.0 Å². The van der Waals surface area contributed by atoms with E-state index in [2.05, 4.69) is 10.7 Å². The van der Waals surface area contributed by atoms with Crippen molar-refractivity contribution in [2.45, 2.75) is 20.3 Å². The topological polar surface area (TPSA) is 29.4 Å². The van der Waals surface area contributed by atoms with Crippen LogP contribution in [0.3, 0.4) is 0 Å². The zero-order valence-electron chi connectivity index (χ0n) is 7.29. The lowest BCUT2D eigenvalue weighted by atomic mass is 10.1. The molecule has 0 spiro atoms. The van der Waals surface area contributed by atoms with Crippen LogP contribution >= 0.6 is 0 Å². The number of allylic oxidation sites excluding steroid dienone is 3. The number of carbonyl (C=O) groups is 1. The summed E-state index contributed by atoms with van der Waals surface area (Å²) in [5, 5.41) is 0. The Hall–Kier alpha value is -1.40. The molecule has 0 saturated heterocycles. The molecule has 0 N–H and O–H groups in total. The lowest BCUT2D eigenvalue weighted by molar-refractivity contribution is -0.111. The molecule has 0 bridgehead atoms. The van der Waals surface area contributed by atoms with Crippen LogP contribution in [0.2, 0.25) is 0 Å². The number of hydrogen-bond donors (Lipinski definition) is 0. The minimum absolute atomic E-state index is 0.00528. The van der Waals surface area contributed by atoms with E-state index in [9.17, 15) is 4.79 Å². The maximum Gasteiger partial charge on any atom is 0.178 e. The zero-order valence-corrected chi connectivity index (χ0v) is 7.29. The number of aliphatic imine (C=N–C) groups is 1. The summed E-state index contributed by atoms with van der Waals surface area (Å²) in [5.74, 6) is -0.00528. The van der Waals surface area contributed by atoms with Crippen LogP contribution in [-0.2, 0) is 4.79 Å². The fraction of sp³-hybridized carbons (Fsp3) is 0.300. The summed E-state index contributed by atoms with van der Waals surface area (Å²) >= 11 is 0. The Morgan fingerprint density at radius 2 is 2.42 bits per heavy atom. The third-order valence-electron chi connectivity index (χ3n) is 1.56. The zero-order chi connectivity index (χ0) is 8.97. The minimum Gasteiger partial charge on any atom is -0.293 e. The van der Waals surface area contributed by atoms with Crippen LogP contribution in [-0.4, -0.2) is 11.5 Å². The summed E-state index contributed by atoms with van der Waals surface area (Å²) in [5.41, 5.74) is 4.51. The van der Waals surface area contributed by atoms with Gasteiger partial charge in [-0.3, -0.25) is 4.79 Å². The van der Waals surface area contributed by atoms with Crippen molar-refractivity contribution in [2.75, 3.05) is 0 Å². The van der Waals surface area contributed by atoms with E-state index in [0.29, 0.717) is 5.71 Å². The quantitative estimate of drug-likeness (QED) is 0.541. The fourth-order valence-electron chi connectivity index (χ4n) is 0.902. The number of Topliss-reactive ketones (excluding diaryl/α,β-unsaturated/α-hetero) is 1. The number of hydrogen-bond acceptors (Lipinski definition) is 2. The number of ketones is 1. The van der Waals surface area contributed by atoms with Crippen LogP contribution in [0.15, 0.2) is 34.6 Å². The van der Waals surface area contributed by atoms with Crippen LogP contribution in [0.4, 0.5) is 0 Å². The van der Waals surface area contributed by atoms with E-state index in [0.717, 1.165) is 12.0 Å². The maximum atomic E-state index is 11.0. The van der Waals surface area contributed by atoms with Gasteiger partial charge in [-0.2, -0.15) is 0 Å². The van der Waals surface area contributed by atoms with Gasteiger partial charge < -0.3 is 0 Å². The van der Waals surface area contributed by atoms with Gasteiger partial charge in [0.25, 0.3) is 0 Å². The molecule has 12 heavy (non-hydrogen) atoms. The first-order valence-electron chi connectivity index (χ1n) is 3.85. The predicted octanol–water partition coefficient (Wildman–Crippen LogP) is 2.04. The Morgan fingerprint density at radius 3 is 3.08 bits per heavy atom. The fourth-order valence-corrected chi connectivity index (χ4v) is 0.902. The van der Waals surface area contributed by atoms with Crippen molar-refractivity contribution in [1.29, 1.82) is 0 Å². The molecule has 0 saturated carbocycles. The van der Waals surface area contributed by atoms with E-state index in [4.69, 9.17) is 0 Å². The normalized spacial score (nSPS) is 16.2. The Morgan fingerprint density at radius 1 is 1.67 bits per heavy atom. The van der Waals surface area contributed by atoms with E-state index in [1.165, 1.54) is 13.1 Å². The molecule has 1 heterocycles. The van der Waals surface area contributed by atoms with Crippen LogP contribution < -0.4 is 0 Å². The smallest absolute Gasteiger partial charge is 0.178 e. The maximum absolute atomic E-state index is 11.0. The molecule has 0 radical (unpaired) electrons. The van der Waals surface area contributed by atoms with Crippen LogP contribution in [0.5, 0.6) is 0 Å². The van der Waals surface area contributed by atoms with Crippen molar-refractivity contribution in [3.8, 4) is 0 Å². The molecule has 0 aromatic heterocycles. The highest BCUT2D eigenvalue weighted by Gasteiger charge is 2.01. The van der Waals surface area contributed by atoms with Crippen molar-refractivity contribution in [3.05, 3.63) is 29.7 Å². The lowest BCUT2D eigenvalue weighted by Crippen LogP contribution is -2.06. The average molecular weight is 161 g/mol. The average Bonchev–Trinajstić information content (AvgIpc) is 1.95. The van der Waals surface area contributed by atoms with E-state index in [1.54, 1.807) is 0 Å². The second-order valence-corrected chi connectivity index (χ2v) is 2.77. The first-order valence-corrected chi connectivity index (χ1v) is 3.85. The van der Waals surface area contributed by atoms with Gasteiger partial charge in [0.1, 0.15) is 5.71 Å². The molecule has 62 valence electrons. The largest absolute Gasteiger partial charge is 0.293 e. The molecule has 1 aliphatic rings. The van der Waals surface area contributed by atoms with E-state index < -0.39 is 0 Å². The third kappa shape index (κ3) is 2.33. The van der Waals surface area contributed by atoms with Gasteiger partial charge in [-0.05, 0) is 25.5 Å². The number of nitrogens with zero attached hydrogens (tertiary/aromatic N) is 1. The summed E-state index contributed by atoms with van der Waals surface area (Å²) in [6.45, 7) is 3.49. The summed E-state index contributed by atoms with van der Waals surface area (Å²) in [6, 6.07) is 0. The Kier molecular flexibility index (Phi) is 2.78. The highest BCUT2D eigenvalue weighted by Crippen LogP contribution is 2.03. The third-order valence-corrected chi connectivity index (χ3v) is 1.56. The van der Waals surface area contributed by atoms with Crippen LogP contribution in [0, 0.1) is 0 Å². The summed E-state index contributed by atoms with van der Waals surface area (Å²) < 4.78 is 0. The molecule has 0 fully saturated rings. The van der Waals surface area contributed by atoms with Crippen molar-refractivity contribution in [3.63, 3.8) is 0 Å². The molecule has 0 atom stereocenters. The molecule has 1 rings (SSSR count). The number of rotatable bonds is 1. The summed E-state index contributed by atoms with van der Waals surface area (Å²) in [6.07, 6.45) is 6.07. The first-order chi connectivity index (χ1) is 5.70. The van der Waals surface area contributed by atoms with Gasteiger partial charge in [-0.25, -0.2) is 4.99 Å².